The second-order valence-electron chi connectivity index (χ2n) is 4.67. The van der Waals surface area contributed by atoms with E-state index in [4.69, 9.17) is 0 Å². The van der Waals surface area contributed by atoms with E-state index in [1.807, 2.05) is 60.0 Å². The lowest BCUT2D eigenvalue weighted by atomic mass is 10.2. The summed E-state index contributed by atoms with van der Waals surface area (Å²) >= 11 is 0. The van der Waals surface area contributed by atoms with Crippen LogP contribution in [0.25, 0.3) is 5.65 Å². The van der Waals surface area contributed by atoms with Gasteiger partial charge < -0.3 is 10.6 Å². The normalized spacial score (nSPS) is 10.5. The number of para-hydroxylation sites is 1. The van der Waals surface area contributed by atoms with Gasteiger partial charge in [0.1, 0.15) is 0 Å². The number of fused-ring (bicyclic) bond motifs is 1. The molecule has 3 rings (SSSR count). The molecule has 6 nitrogen and oxygen atoms in total. The molecule has 0 saturated heterocycles. The predicted octanol–water partition coefficient (Wildman–Crippen LogP) is 2.36. The van der Waals surface area contributed by atoms with Gasteiger partial charge in [-0.15, -0.1) is 10.2 Å². The number of hydrogen-bond acceptors (Lipinski definition) is 3. The van der Waals surface area contributed by atoms with Crippen LogP contribution in [0.1, 0.15) is 11.4 Å². The van der Waals surface area contributed by atoms with Crippen molar-refractivity contribution in [2.45, 2.75) is 13.5 Å². The lowest BCUT2D eigenvalue weighted by Crippen LogP contribution is -2.29. The monoisotopic (exact) mass is 281 g/mol. The summed E-state index contributed by atoms with van der Waals surface area (Å²) in [6.07, 6.45) is 1.87. The topological polar surface area (TPSA) is 71.3 Å². The van der Waals surface area contributed by atoms with E-state index in [0.717, 1.165) is 16.9 Å². The molecule has 0 aliphatic carbocycles. The molecule has 0 saturated carbocycles. The number of amides is 2. The first kappa shape index (κ1) is 13.1. The highest BCUT2D eigenvalue weighted by Gasteiger charge is 2.07. The van der Waals surface area contributed by atoms with Crippen molar-refractivity contribution in [2.24, 2.45) is 0 Å². The van der Waals surface area contributed by atoms with E-state index >= 15 is 0 Å². The summed E-state index contributed by atoms with van der Waals surface area (Å²) in [5.74, 6) is 0.686. The van der Waals surface area contributed by atoms with Crippen LogP contribution in [0, 0.1) is 6.92 Å². The van der Waals surface area contributed by atoms with Crippen molar-refractivity contribution in [1.29, 1.82) is 0 Å². The van der Waals surface area contributed by atoms with Crippen LogP contribution in [0.5, 0.6) is 0 Å². The van der Waals surface area contributed by atoms with Crippen LogP contribution in [0.3, 0.4) is 0 Å². The molecule has 1 aromatic carbocycles. The molecule has 0 radical (unpaired) electrons. The quantitative estimate of drug-likeness (QED) is 0.774. The third-order valence-electron chi connectivity index (χ3n) is 3.18. The Morgan fingerprint density at radius 2 is 1.95 bits per heavy atom. The fraction of sp³-hybridized carbons (Fsp3) is 0.133. The molecular weight excluding hydrogens is 266 g/mol. The molecule has 0 unspecified atom stereocenters. The van der Waals surface area contributed by atoms with E-state index in [1.165, 1.54) is 0 Å². The van der Waals surface area contributed by atoms with Crippen LogP contribution in [-0.4, -0.2) is 20.6 Å². The van der Waals surface area contributed by atoms with E-state index in [1.54, 1.807) is 0 Å². The summed E-state index contributed by atoms with van der Waals surface area (Å²) in [6.45, 7) is 2.25. The Hall–Kier alpha value is -2.89. The van der Waals surface area contributed by atoms with Crippen LogP contribution < -0.4 is 10.6 Å². The zero-order chi connectivity index (χ0) is 14.7. The van der Waals surface area contributed by atoms with Gasteiger partial charge in [-0.05, 0) is 30.7 Å². The molecule has 6 heteroatoms. The predicted molar refractivity (Wildman–Crippen MR) is 80.0 cm³/mol. The molecule has 2 aromatic heterocycles. The SMILES string of the molecule is Cc1ccccc1NC(=O)NCc1nnc2ccccn12. The largest absolute Gasteiger partial charge is 0.331 e. The van der Waals surface area contributed by atoms with Crippen LogP contribution in [0.15, 0.2) is 48.7 Å². The molecule has 21 heavy (non-hydrogen) atoms. The van der Waals surface area contributed by atoms with Gasteiger partial charge in [0.25, 0.3) is 0 Å². The Balaban J connectivity index is 1.65. The lowest BCUT2D eigenvalue weighted by molar-refractivity contribution is 0.251. The second kappa shape index (κ2) is 5.62. The summed E-state index contributed by atoms with van der Waals surface area (Å²) in [6, 6.07) is 13.0. The van der Waals surface area contributed by atoms with E-state index in [0.29, 0.717) is 12.4 Å². The Morgan fingerprint density at radius 3 is 2.81 bits per heavy atom. The Bertz CT molecular complexity index is 780. The summed E-state index contributed by atoms with van der Waals surface area (Å²) in [4.78, 5) is 11.9. The average molecular weight is 281 g/mol. The van der Waals surface area contributed by atoms with Crippen molar-refractivity contribution in [3.05, 3.63) is 60.0 Å². The van der Waals surface area contributed by atoms with Gasteiger partial charge in [-0.25, -0.2) is 4.79 Å². The molecule has 0 atom stereocenters. The highest BCUT2D eigenvalue weighted by molar-refractivity contribution is 5.89. The van der Waals surface area contributed by atoms with Gasteiger partial charge in [0, 0.05) is 11.9 Å². The van der Waals surface area contributed by atoms with Gasteiger partial charge in [0.15, 0.2) is 11.5 Å². The van der Waals surface area contributed by atoms with E-state index in [2.05, 4.69) is 20.8 Å². The fourth-order valence-corrected chi connectivity index (χ4v) is 2.05. The van der Waals surface area contributed by atoms with Gasteiger partial charge >= 0.3 is 6.03 Å². The van der Waals surface area contributed by atoms with Gasteiger partial charge in [-0.2, -0.15) is 0 Å². The number of pyridine rings is 1. The minimum atomic E-state index is -0.267. The number of urea groups is 1. The third kappa shape index (κ3) is 2.84. The van der Waals surface area contributed by atoms with Crippen molar-refractivity contribution in [2.75, 3.05) is 5.32 Å². The number of anilines is 1. The van der Waals surface area contributed by atoms with Crippen molar-refractivity contribution >= 4 is 17.4 Å². The minimum Gasteiger partial charge on any atom is -0.331 e. The molecule has 0 fully saturated rings. The number of carbonyl (C=O) groups excluding carboxylic acids is 1. The summed E-state index contributed by atoms with van der Waals surface area (Å²) in [7, 11) is 0. The van der Waals surface area contributed by atoms with Gasteiger partial charge in [-0.1, -0.05) is 24.3 Å². The number of aryl methyl sites for hydroxylation is 1. The number of nitrogens with one attached hydrogen (secondary N) is 2. The van der Waals surface area contributed by atoms with Crippen molar-refractivity contribution in [3.8, 4) is 0 Å². The van der Waals surface area contributed by atoms with Crippen molar-refractivity contribution in [3.63, 3.8) is 0 Å². The molecule has 0 spiro atoms. The first-order valence-electron chi connectivity index (χ1n) is 6.63. The number of rotatable bonds is 3. The standard InChI is InChI=1S/C15H15N5O/c1-11-6-2-3-7-12(11)17-15(21)16-10-14-19-18-13-8-4-5-9-20(13)14/h2-9H,10H2,1H3,(H2,16,17,21). The molecule has 2 heterocycles. The molecule has 3 aromatic rings. The molecular formula is C15H15N5O. The van der Waals surface area contributed by atoms with E-state index in [-0.39, 0.29) is 6.03 Å². The Morgan fingerprint density at radius 1 is 1.14 bits per heavy atom. The smallest absolute Gasteiger partial charge is 0.319 e. The second-order valence-corrected chi connectivity index (χ2v) is 4.67. The zero-order valence-corrected chi connectivity index (χ0v) is 11.6. The van der Waals surface area contributed by atoms with E-state index < -0.39 is 0 Å². The summed E-state index contributed by atoms with van der Waals surface area (Å²) < 4.78 is 1.84. The lowest BCUT2D eigenvalue weighted by Gasteiger charge is -2.09. The van der Waals surface area contributed by atoms with Gasteiger partial charge in [0.2, 0.25) is 0 Å². The van der Waals surface area contributed by atoms with Crippen LogP contribution in [0.2, 0.25) is 0 Å². The maximum absolute atomic E-state index is 11.9. The Kier molecular flexibility index (Phi) is 3.51. The molecule has 106 valence electrons. The van der Waals surface area contributed by atoms with Gasteiger partial charge in [0.05, 0.1) is 6.54 Å². The molecule has 0 aliphatic rings. The molecule has 0 bridgehead atoms. The number of benzene rings is 1. The van der Waals surface area contributed by atoms with Crippen LogP contribution in [0.4, 0.5) is 10.5 Å². The number of aromatic nitrogens is 3. The average Bonchev–Trinajstić information content (AvgIpc) is 2.91. The maximum atomic E-state index is 11.9. The molecule has 2 amide bonds. The first-order chi connectivity index (χ1) is 10.2. The van der Waals surface area contributed by atoms with E-state index in [9.17, 15) is 4.79 Å². The molecule has 0 aliphatic heterocycles. The summed E-state index contributed by atoms with van der Waals surface area (Å²) in [5, 5.41) is 13.7. The third-order valence-corrected chi connectivity index (χ3v) is 3.18. The van der Waals surface area contributed by atoms with Crippen molar-refractivity contribution < 1.29 is 4.79 Å². The van der Waals surface area contributed by atoms with Crippen LogP contribution >= 0.6 is 0 Å². The fourth-order valence-electron chi connectivity index (χ4n) is 2.05. The number of carbonyl (C=O) groups is 1. The maximum Gasteiger partial charge on any atom is 0.319 e. The van der Waals surface area contributed by atoms with Gasteiger partial charge in [-0.3, -0.25) is 4.40 Å². The van der Waals surface area contributed by atoms with Crippen molar-refractivity contribution in [1.82, 2.24) is 19.9 Å². The Labute approximate surface area is 121 Å². The number of hydrogen-bond donors (Lipinski definition) is 2. The zero-order valence-electron chi connectivity index (χ0n) is 11.6. The number of nitrogens with zero attached hydrogens (tertiary/aromatic N) is 3. The minimum absolute atomic E-state index is 0.267. The first-order valence-corrected chi connectivity index (χ1v) is 6.63. The summed E-state index contributed by atoms with van der Waals surface area (Å²) in [5.41, 5.74) is 2.57. The highest BCUT2D eigenvalue weighted by atomic mass is 16.2. The highest BCUT2D eigenvalue weighted by Crippen LogP contribution is 2.12. The molecule has 2 N–H and O–H groups in total. The van der Waals surface area contributed by atoms with Crippen LogP contribution in [-0.2, 0) is 6.54 Å².